The van der Waals surface area contributed by atoms with Crippen molar-refractivity contribution in [3.05, 3.63) is 21.0 Å². The van der Waals surface area contributed by atoms with Crippen LogP contribution in [0.1, 0.15) is 45.1 Å². The summed E-state index contributed by atoms with van der Waals surface area (Å²) in [6.07, 6.45) is 5.15. The van der Waals surface area contributed by atoms with Crippen LogP contribution in [0.25, 0.3) is 0 Å². The van der Waals surface area contributed by atoms with E-state index in [1.807, 2.05) is 6.92 Å². The van der Waals surface area contributed by atoms with Crippen LogP contribution in [0.15, 0.2) is 9.59 Å². The second-order valence-electron chi connectivity index (χ2n) is 4.66. The normalized spacial score (nSPS) is 16.8. The summed E-state index contributed by atoms with van der Waals surface area (Å²) in [6, 6.07) is 0.0231. The molecule has 0 atom stereocenters. The molecular weight excluding hydrogens is 232 g/mol. The first-order valence-corrected chi connectivity index (χ1v) is 6.60. The minimum Gasteiger partial charge on any atom is -0.358 e. The van der Waals surface area contributed by atoms with Gasteiger partial charge in [0.2, 0.25) is 5.95 Å². The highest BCUT2D eigenvalue weighted by Gasteiger charge is 2.21. The van der Waals surface area contributed by atoms with Crippen molar-refractivity contribution < 1.29 is 0 Å². The van der Waals surface area contributed by atoms with Crippen LogP contribution < -0.4 is 16.7 Å². The molecule has 1 N–H and O–H groups in total. The minimum atomic E-state index is -0.430. The molecule has 0 spiro atoms. The van der Waals surface area contributed by atoms with Gasteiger partial charge in [-0.1, -0.05) is 19.3 Å². The average Bonchev–Trinajstić information content (AvgIpc) is 2.39. The predicted octanol–water partition coefficient (Wildman–Crippen LogP) is 0.972. The average molecular weight is 252 g/mol. The fourth-order valence-electron chi connectivity index (χ4n) is 2.63. The highest BCUT2D eigenvalue weighted by molar-refractivity contribution is 5.22. The van der Waals surface area contributed by atoms with E-state index in [1.165, 1.54) is 15.6 Å². The number of rotatable bonds is 3. The number of anilines is 1. The van der Waals surface area contributed by atoms with Crippen molar-refractivity contribution in [3.63, 3.8) is 0 Å². The first kappa shape index (κ1) is 12.9. The molecule has 0 aromatic carbocycles. The van der Waals surface area contributed by atoms with E-state index in [-0.39, 0.29) is 11.7 Å². The number of nitrogens with one attached hydrogen (secondary N) is 1. The second-order valence-corrected chi connectivity index (χ2v) is 4.66. The van der Waals surface area contributed by atoms with Gasteiger partial charge in [-0.3, -0.25) is 4.57 Å². The van der Waals surface area contributed by atoms with Crippen molar-refractivity contribution in [2.45, 2.75) is 51.6 Å². The van der Waals surface area contributed by atoms with Gasteiger partial charge < -0.3 is 5.32 Å². The lowest BCUT2D eigenvalue weighted by Crippen LogP contribution is -2.44. The number of nitrogens with zero attached hydrogens (tertiary/aromatic N) is 3. The van der Waals surface area contributed by atoms with E-state index in [4.69, 9.17) is 0 Å². The first-order chi connectivity index (χ1) is 8.69. The van der Waals surface area contributed by atoms with Gasteiger partial charge in [0.25, 0.3) is 0 Å². The predicted molar refractivity (Wildman–Crippen MR) is 70.1 cm³/mol. The minimum absolute atomic E-state index is 0.0231. The SMILES string of the molecule is CCn1c(NC)nc(=O)n(C2CCCCC2)c1=O. The third kappa shape index (κ3) is 2.19. The van der Waals surface area contributed by atoms with Crippen LogP contribution in [0, 0.1) is 0 Å². The van der Waals surface area contributed by atoms with Crippen molar-refractivity contribution in [1.29, 1.82) is 0 Å². The van der Waals surface area contributed by atoms with Gasteiger partial charge in [-0.25, -0.2) is 14.2 Å². The third-order valence-electron chi connectivity index (χ3n) is 3.58. The van der Waals surface area contributed by atoms with Gasteiger partial charge in [-0.15, -0.1) is 0 Å². The fraction of sp³-hybridized carbons (Fsp3) is 0.750. The van der Waals surface area contributed by atoms with E-state index in [9.17, 15) is 9.59 Å². The maximum absolute atomic E-state index is 12.3. The summed E-state index contributed by atoms with van der Waals surface area (Å²) in [6.45, 7) is 2.38. The Morgan fingerprint density at radius 1 is 1.28 bits per heavy atom. The lowest BCUT2D eigenvalue weighted by atomic mass is 9.95. The van der Waals surface area contributed by atoms with E-state index in [0.29, 0.717) is 12.5 Å². The summed E-state index contributed by atoms with van der Waals surface area (Å²) in [5, 5.41) is 2.80. The maximum atomic E-state index is 12.3. The molecule has 1 aromatic heterocycles. The quantitative estimate of drug-likeness (QED) is 0.870. The molecular formula is C12H20N4O2. The molecule has 18 heavy (non-hydrogen) atoms. The number of hydrogen-bond acceptors (Lipinski definition) is 4. The Bertz CT molecular complexity index is 526. The van der Waals surface area contributed by atoms with E-state index in [2.05, 4.69) is 10.3 Å². The van der Waals surface area contributed by atoms with Gasteiger partial charge in [-0.05, 0) is 19.8 Å². The Morgan fingerprint density at radius 2 is 1.94 bits per heavy atom. The Hall–Kier alpha value is -1.59. The molecule has 1 aliphatic carbocycles. The van der Waals surface area contributed by atoms with Gasteiger partial charge >= 0.3 is 11.4 Å². The highest BCUT2D eigenvalue weighted by atomic mass is 16.2. The molecule has 1 fully saturated rings. The molecule has 1 aliphatic rings. The molecule has 2 rings (SSSR count). The molecule has 1 heterocycles. The van der Waals surface area contributed by atoms with Gasteiger partial charge in [0.05, 0.1) is 0 Å². The smallest absolute Gasteiger partial charge is 0.355 e. The van der Waals surface area contributed by atoms with Crippen molar-refractivity contribution in [2.24, 2.45) is 0 Å². The van der Waals surface area contributed by atoms with Crippen LogP contribution in [0.4, 0.5) is 5.95 Å². The monoisotopic (exact) mass is 252 g/mol. The van der Waals surface area contributed by atoms with Gasteiger partial charge in [0.15, 0.2) is 0 Å². The summed E-state index contributed by atoms with van der Waals surface area (Å²) in [5.41, 5.74) is -0.672. The Labute approximate surface area is 106 Å². The molecule has 1 aromatic rings. The summed E-state index contributed by atoms with van der Waals surface area (Å²) in [4.78, 5) is 28.3. The van der Waals surface area contributed by atoms with Crippen LogP contribution >= 0.6 is 0 Å². The number of hydrogen-bond donors (Lipinski definition) is 1. The number of aromatic nitrogens is 3. The molecule has 1 saturated carbocycles. The van der Waals surface area contributed by atoms with Crippen LogP contribution in [0.3, 0.4) is 0 Å². The van der Waals surface area contributed by atoms with E-state index in [1.54, 1.807) is 7.05 Å². The molecule has 6 heteroatoms. The van der Waals surface area contributed by atoms with E-state index < -0.39 is 5.69 Å². The molecule has 0 amide bonds. The van der Waals surface area contributed by atoms with Gasteiger partial charge in [-0.2, -0.15) is 4.98 Å². The van der Waals surface area contributed by atoms with Crippen molar-refractivity contribution >= 4 is 5.95 Å². The zero-order valence-corrected chi connectivity index (χ0v) is 11.0. The summed E-state index contributed by atoms with van der Waals surface area (Å²) < 4.78 is 2.85. The molecule has 100 valence electrons. The van der Waals surface area contributed by atoms with Crippen LogP contribution in [-0.2, 0) is 6.54 Å². The van der Waals surface area contributed by atoms with Crippen LogP contribution in [-0.4, -0.2) is 21.2 Å². The van der Waals surface area contributed by atoms with Gasteiger partial charge in [0, 0.05) is 19.6 Å². The van der Waals surface area contributed by atoms with Crippen molar-refractivity contribution in [2.75, 3.05) is 12.4 Å². The summed E-state index contributed by atoms with van der Waals surface area (Å²) in [7, 11) is 1.67. The third-order valence-corrected chi connectivity index (χ3v) is 3.58. The fourth-order valence-corrected chi connectivity index (χ4v) is 2.63. The van der Waals surface area contributed by atoms with Gasteiger partial charge in [0.1, 0.15) is 0 Å². The molecule has 0 radical (unpaired) electrons. The Kier molecular flexibility index (Phi) is 3.84. The Balaban J connectivity index is 2.53. The Morgan fingerprint density at radius 3 is 2.50 bits per heavy atom. The topological polar surface area (TPSA) is 68.9 Å². The standard InChI is InChI=1S/C12H20N4O2/c1-3-15-10(13-2)14-11(17)16(12(15)18)9-7-5-4-6-8-9/h9H,3-8H2,1-2H3,(H,13,14,17). The van der Waals surface area contributed by atoms with Crippen LogP contribution in [0.5, 0.6) is 0 Å². The molecule has 0 bridgehead atoms. The second kappa shape index (κ2) is 5.37. The zero-order valence-electron chi connectivity index (χ0n) is 11.0. The lowest BCUT2D eigenvalue weighted by Gasteiger charge is -2.23. The molecule has 0 aliphatic heterocycles. The summed E-state index contributed by atoms with van der Waals surface area (Å²) in [5.74, 6) is 0.347. The zero-order chi connectivity index (χ0) is 13.1. The summed E-state index contributed by atoms with van der Waals surface area (Å²) >= 11 is 0. The maximum Gasteiger partial charge on any atom is 0.355 e. The molecule has 0 saturated heterocycles. The van der Waals surface area contributed by atoms with Crippen molar-refractivity contribution in [3.8, 4) is 0 Å². The molecule has 6 nitrogen and oxygen atoms in total. The first-order valence-electron chi connectivity index (χ1n) is 6.60. The van der Waals surface area contributed by atoms with Crippen molar-refractivity contribution in [1.82, 2.24) is 14.1 Å². The van der Waals surface area contributed by atoms with E-state index in [0.717, 1.165) is 25.7 Å². The lowest BCUT2D eigenvalue weighted by molar-refractivity contribution is 0.325. The molecule has 0 unspecified atom stereocenters. The highest BCUT2D eigenvalue weighted by Crippen LogP contribution is 2.25. The van der Waals surface area contributed by atoms with Crippen LogP contribution in [0.2, 0.25) is 0 Å². The van der Waals surface area contributed by atoms with E-state index >= 15 is 0 Å². The largest absolute Gasteiger partial charge is 0.358 e.